The minimum Gasteiger partial charge on any atom is -0.389 e. The summed E-state index contributed by atoms with van der Waals surface area (Å²) >= 11 is 0. The van der Waals surface area contributed by atoms with Crippen LogP contribution < -0.4 is 0 Å². The van der Waals surface area contributed by atoms with Crippen molar-refractivity contribution in [2.24, 2.45) is 11.3 Å². The van der Waals surface area contributed by atoms with E-state index in [4.69, 9.17) is 4.74 Å². The Morgan fingerprint density at radius 3 is 2.41 bits per heavy atom. The van der Waals surface area contributed by atoms with Gasteiger partial charge in [-0.05, 0) is 36.2 Å². The number of aliphatic hydroxyl groups is 1. The zero-order valence-electron chi connectivity index (χ0n) is 17.4. The first-order valence-electron chi connectivity index (χ1n) is 10.7. The molecule has 2 fully saturated rings. The van der Waals surface area contributed by atoms with Gasteiger partial charge in [0.25, 0.3) is 0 Å². The lowest BCUT2D eigenvalue weighted by Gasteiger charge is -2.39. The normalized spacial score (nSPS) is 28.1. The van der Waals surface area contributed by atoms with Gasteiger partial charge in [-0.15, -0.1) is 0 Å². The predicted octanol–water partition coefficient (Wildman–Crippen LogP) is 3.40. The van der Waals surface area contributed by atoms with Crippen molar-refractivity contribution in [3.63, 3.8) is 0 Å². The maximum Gasteiger partial charge on any atom is 0.0900 e. The summed E-state index contributed by atoms with van der Waals surface area (Å²) in [5, 5.41) is 10.4. The molecule has 0 unspecified atom stereocenters. The summed E-state index contributed by atoms with van der Waals surface area (Å²) in [4.78, 5) is 4.88. The third-order valence-electron chi connectivity index (χ3n) is 6.05. The molecule has 2 aliphatic rings. The largest absolute Gasteiger partial charge is 0.389 e. The van der Waals surface area contributed by atoms with Gasteiger partial charge in [-0.25, -0.2) is 0 Å². The fraction of sp³-hybridized carbons (Fsp3) is 0.739. The highest BCUT2D eigenvalue weighted by Crippen LogP contribution is 2.39. The number of piperazine rings is 1. The lowest BCUT2D eigenvalue weighted by atomic mass is 9.71. The van der Waals surface area contributed by atoms with Crippen molar-refractivity contribution >= 4 is 0 Å². The van der Waals surface area contributed by atoms with Crippen LogP contribution in [-0.4, -0.2) is 66.4 Å². The van der Waals surface area contributed by atoms with Crippen molar-refractivity contribution in [3.8, 4) is 0 Å². The Balaban J connectivity index is 1.34. The molecule has 3 atom stereocenters. The molecule has 27 heavy (non-hydrogen) atoms. The highest BCUT2D eigenvalue weighted by Gasteiger charge is 2.32. The van der Waals surface area contributed by atoms with E-state index in [1.807, 2.05) is 0 Å². The maximum atomic E-state index is 10.4. The first-order chi connectivity index (χ1) is 12.9. The molecule has 0 amide bonds. The van der Waals surface area contributed by atoms with Crippen molar-refractivity contribution in [2.45, 2.75) is 58.8 Å². The maximum absolute atomic E-state index is 10.4. The number of rotatable bonds is 7. The van der Waals surface area contributed by atoms with Crippen LogP contribution in [0.5, 0.6) is 0 Å². The van der Waals surface area contributed by atoms with Crippen molar-refractivity contribution in [2.75, 3.05) is 39.3 Å². The summed E-state index contributed by atoms with van der Waals surface area (Å²) in [7, 11) is 0. The second-order valence-corrected chi connectivity index (χ2v) is 9.58. The molecule has 1 aromatic rings. The van der Waals surface area contributed by atoms with Gasteiger partial charge in [-0.1, -0.05) is 51.1 Å². The molecule has 0 bridgehead atoms. The average Bonchev–Trinajstić information content (AvgIpc) is 2.61. The summed E-state index contributed by atoms with van der Waals surface area (Å²) < 4.78 is 6.11. The molecule has 1 heterocycles. The Kier molecular flexibility index (Phi) is 7.32. The summed E-state index contributed by atoms with van der Waals surface area (Å²) in [6, 6.07) is 10.7. The van der Waals surface area contributed by atoms with E-state index in [2.05, 4.69) is 60.9 Å². The lowest BCUT2D eigenvalue weighted by Crippen LogP contribution is -2.48. The summed E-state index contributed by atoms with van der Waals surface area (Å²) in [5.41, 5.74) is 1.74. The number of hydrogen-bond acceptors (Lipinski definition) is 4. The number of aliphatic hydroxyl groups excluding tert-OH is 1. The zero-order chi connectivity index (χ0) is 19.3. The molecule has 4 heteroatoms. The molecular weight excluding hydrogens is 336 g/mol. The molecular formula is C23H38N2O2. The van der Waals surface area contributed by atoms with Crippen molar-refractivity contribution in [3.05, 3.63) is 35.9 Å². The van der Waals surface area contributed by atoms with E-state index in [9.17, 15) is 5.11 Å². The van der Waals surface area contributed by atoms with Gasteiger partial charge < -0.3 is 9.84 Å². The van der Waals surface area contributed by atoms with Crippen LogP contribution in [0.15, 0.2) is 30.3 Å². The number of ether oxygens (including phenoxy) is 1. The Hall–Kier alpha value is -0.940. The van der Waals surface area contributed by atoms with Gasteiger partial charge in [-0.3, -0.25) is 9.80 Å². The van der Waals surface area contributed by atoms with Crippen molar-refractivity contribution in [1.29, 1.82) is 0 Å². The van der Waals surface area contributed by atoms with Gasteiger partial charge >= 0.3 is 0 Å². The van der Waals surface area contributed by atoms with Crippen LogP contribution in [-0.2, 0) is 11.3 Å². The van der Waals surface area contributed by atoms with Gasteiger partial charge in [0.05, 0.1) is 18.8 Å². The summed E-state index contributed by atoms with van der Waals surface area (Å²) in [6.07, 6.45) is 3.45. The van der Waals surface area contributed by atoms with Crippen LogP contribution in [0.3, 0.4) is 0 Å². The minimum absolute atomic E-state index is 0.307. The van der Waals surface area contributed by atoms with E-state index in [-0.39, 0.29) is 6.10 Å². The lowest BCUT2D eigenvalue weighted by molar-refractivity contribution is -0.0634. The van der Waals surface area contributed by atoms with E-state index in [0.717, 1.165) is 52.1 Å². The van der Waals surface area contributed by atoms with Crippen LogP contribution in [0.4, 0.5) is 0 Å². The van der Waals surface area contributed by atoms with Crippen LogP contribution in [0.2, 0.25) is 0 Å². The molecule has 152 valence electrons. The van der Waals surface area contributed by atoms with Crippen LogP contribution in [0.25, 0.3) is 0 Å². The van der Waals surface area contributed by atoms with Gasteiger partial charge in [0.1, 0.15) is 0 Å². The molecule has 1 N–H and O–H groups in total. The second-order valence-electron chi connectivity index (χ2n) is 9.58. The average molecular weight is 375 g/mol. The van der Waals surface area contributed by atoms with E-state index in [0.29, 0.717) is 24.0 Å². The topological polar surface area (TPSA) is 35.9 Å². The molecule has 0 aromatic heterocycles. The van der Waals surface area contributed by atoms with Crippen molar-refractivity contribution < 1.29 is 9.84 Å². The van der Waals surface area contributed by atoms with Crippen LogP contribution in [0.1, 0.15) is 45.6 Å². The predicted molar refractivity (Wildman–Crippen MR) is 111 cm³/mol. The fourth-order valence-electron chi connectivity index (χ4n) is 4.95. The molecule has 1 aliphatic carbocycles. The van der Waals surface area contributed by atoms with E-state index >= 15 is 0 Å². The third-order valence-corrected chi connectivity index (χ3v) is 6.05. The standard InChI is InChI=1S/C23H38N2O2/c1-19-13-22(15-23(2,3)14-19)27-18-21(26)17-25-11-9-24(10-12-25)16-20-7-5-4-6-8-20/h4-8,19,21-22,26H,9-18H2,1-3H3/t19-,21-,22-/m0/s1. The molecule has 0 spiro atoms. The number of nitrogens with zero attached hydrogens (tertiary/aromatic N) is 2. The number of benzene rings is 1. The number of hydrogen-bond donors (Lipinski definition) is 1. The zero-order valence-corrected chi connectivity index (χ0v) is 17.4. The molecule has 4 nitrogen and oxygen atoms in total. The minimum atomic E-state index is -0.383. The van der Waals surface area contributed by atoms with E-state index < -0.39 is 0 Å². The first kappa shape index (κ1) is 20.8. The van der Waals surface area contributed by atoms with Gasteiger partial charge in [0.2, 0.25) is 0 Å². The molecule has 1 saturated carbocycles. The smallest absolute Gasteiger partial charge is 0.0900 e. The highest BCUT2D eigenvalue weighted by atomic mass is 16.5. The Bertz CT molecular complexity index is 555. The molecule has 3 rings (SSSR count). The monoisotopic (exact) mass is 374 g/mol. The highest BCUT2D eigenvalue weighted by molar-refractivity contribution is 5.14. The Labute approximate surface area is 165 Å². The SMILES string of the molecule is C[C@H]1C[C@H](OC[C@@H](O)CN2CCN(Cc3ccccc3)CC2)CC(C)(C)C1. The Morgan fingerprint density at radius 2 is 1.74 bits per heavy atom. The quantitative estimate of drug-likeness (QED) is 0.794. The van der Waals surface area contributed by atoms with Gasteiger partial charge in [0.15, 0.2) is 0 Å². The summed E-state index contributed by atoms with van der Waals surface area (Å²) in [5.74, 6) is 0.716. The van der Waals surface area contributed by atoms with Gasteiger partial charge in [-0.2, -0.15) is 0 Å². The van der Waals surface area contributed by atoms with E-state index in [1.165, 1.54) is 12.0 Å². The molecule has 0 radical (unpaired) electrons. The van der Waals surface area contributed by atoms with Gasteiger partial charge in [0, 0.05) is 39.3 Å². The first-order valence-corrected chi connectivity index (χ1v) is 10.7. The third kappa shape index (κ3) is 6.86. The Morgan fingerprint density at radius 1 is 1.07 bits per heavy atom. The van der Waals surface area contributed by atoms with E-state index in [1.54, 1.807) is 0 Å². The number of β-amino-alcohol motifs (C(OH)–C–C–N with tert-alkyl or cyclic N) is 1. The van der Waals surface area contributed by atoms with Crippen LogP contribution >= 0.6 is 0 Å². The molecule has 1 aliphatic heterocycles. The van der Waals surface area contributed by atoms with Crippen LogP contribution in [0, 0.1) is 11.3 Å². The summed E-state index contributed by atoms with van der Waals surface area (Å²) in [6.45, 7) is 13.4. The molecule has 1 aromatic carbocycles. The van der Waals surface area contributed by atoms with Crippen molar-refractivity contribution in [1.82, 2.24) is 9.80 Å². The molecule has 1 saturated heterocycles. The second kappa shape index (κ2) is 9.51. The fourth-order valence-corrected chi connectivity index (χ4v) is 4.95.